The lowest BCUT2D eigenvalue weighted by Crippen LogP contribution is -2.36. The third-order valence-corrected chi connectivity index (χ3v) is 3.70. The molecule has 1 unspecified atom stereocenters. The largest absolute Gasteiger partial charge is 0.508 e. The molecule has 4 heteroatoms. The summed E-state index contributed by atoms with van der Waals surface area (Å²) in [5.74, 6) is 0.242. The SMILES string of the molecule is CCN(Cc1ccccc1)C(C(N)=S)c1ccc(O)cc1. The van der Waals surface area contributed by atoms with Crippen molar-refractivity contribution < 1.29 is 5.11 Å². The predicted molar refractivity (Wildman–Crippen MR) is 90.2 cm³/mol. The molecule has 21 heavy (non-hydrogen) atoms. The fraction of sp³-hybridized carbons (Fsp3) is 0.235. The van der Waals surface area contributed by atoms with Gasteiger partial charge in [-0.1, -0.05) is 61.6 Å². The minimum atomic E-state index is -0.134. The van der Waals surface area contributed by atoms with Gasteiger partial charge in [-0.15, -0.1) is 0 Å². The van der Waals surface area contributed by atoms with Gasteiger partial charge in [-0.25, -0.2) is 0 Å². The minimum Gasteiger partial charge on any atom is -0.508 e. The average molecular weight is 300 g/mol. The molecule has 0 radical (unpaired) electrons. The van der Waals surface area contributed by atoms with Crippen molar-refractivity contribution in [3.8, 4) is 5.75 Å². The number of thiocarbonyl (C=S) groups is 1. The highest BCUT2D eigenvalue weighted by Crippen LogP contribution is 2.24. The van der Waals surface area contributed by atoms with Crippen LogP contribution in [0.5, 0.6) is 5.75 Å². The van der Waals surface area contributed by atoms with Gasteiger partial charge in [0.2, 0.25) is 0 Å². The number of nitrogens with zero attached hydrogens (tertiary/aromatic N) is 1. The monoisotopic (exact) mass is 300 g/mol. The zero-order valence-corrected chi connectivity index (χ0v) is 12.9. The van der Waals surface area contributed by atoms with Gasteiger partial charge in [0.25, 0.3) is 0 Å². The van der Waals surface area contributed by atoms with Crippen molar-refractivity contribution in [2.24, 2.45) is 5.73 Å². The summed E-state index contributed by atoms with van der Waals surface area (Å²) in [5, 5.41) is 9.43. The Morgan fingerprint density at radius 1 is 1.14 bits per heavy atom. The first-order valence-corrected chi connectivity index (χ1v) is 7.39. The Bertz CT molecular complexity index is 583. The molecular formula is C17H20N2OS. The molecule has 2 aromatic rings. The maximum absolute atomic E-state index is 9.43. The van der Waals surface area contributed by atoms with E-state index in [1.54, 1.807) is 12.1 Å². The van der Waals surface area contributed by atoms with Crippen molar-refractivity contribution in [2.75, 3.05) is 6.54 Å². The fourth-order valence-corrected chi connectivity index (χ4v) is 2.70. The molecule has 0 bridgehead atoms. The number of benzene rings is 2. The van der Waals surface area contributed by atoms with Crippen molar-refractivity contribution >= 4 is 17.2 Å². The van der Waals surface area contributed by atoms with Crippen LogP contribution in [0.1, 0.15) is 24.1 Å². The highest BCUT2D eigenvalue weighted by Gasteiger charge is 2.22. The smallest absolute Gasteiger partial charge is 0.115 e. The second-order valence-corrected chi connectivity index (χ2v) is 5.42. The first-order valence-electron chi connectivity index (χ1n) is 6.98. The van der Waals surface area contributed by atoms with E-state index in [0.717, 1.165) is 18.7 Å². The number of hydrogen-bond acceptors (Lipinski definition) is 3. The Balaban J connectivity index is 2.26. The summed E-state index contributed by atoms with van der Waals surface area (Å²) in [7, 11) is 0. The fourth-order valence-electron chi connectivity index (χ4n) is 2.42. The third kappa shape index (κ3) is 4.03. The first-order chi connectivity index (χ1) is 10.1. The zero-order valence-electron chi connectivity index (χ0n) is 12.1. The van der Waals surface area contributed by atoms with Crippen molar-refractivity contribution in [1.29, 1.82) is 0 Å². The van der Waals surface area contributed by atoms with Crippen LogP contribution < -0.4 is 5.73 Å². The topological polar surface area (TPSA) is 49.5 Å². The molecule has 0 amide bonds. The molecule has 0 saturated carbocycles. The van der Waals surface area contributed by atoms with Crippen molar-refractivity contribution in [3.05, 3.63) is 65.7 Å². The Hall–Kier alpha value is -1.91. The van der Waals surface area contributed by atoms with Crippen LogP contribution in [0.4, 0.5) is 0 Å². The van der Waals surface area contributed by atoms with E-state index in [9.17, 15) is 5.11 Å². The predicted octanol–water partition coefficient (Wildman–Crippen LogP) is 3.24. The van der Waals surface area contributed by atoms with Crippen LogP contribution in [0, 0.1) is 0 Å². The highest BCUT2D eigenvalue weighted by molar-refractivity contribution is 7.80. The minimum absolute atomic E-state index is 0.134. The molecule has 2 rings (SSSR count). The van der Waals surface area contributed by atoms with Gasteiger partial charge >= 0.3 is 0 Å². The summed E-state index contributed by atoms with van der Waals surface area (Å²) in [5.41, 5.74) is 8.18. The number of aromatic hydroxyl groups is 1. The van der Waals surface area contributed by atoms with Crippen molar-refractivity contribution in [3.63, 3.8) is 0 Å². The number of hydrogen-bond donors (Lipinski definition) is 2. The summed E-state index contributed by atoms with van der Waals surface area (Å²) in [6, 6.07) is 17.2. The highest BCUT2D eigenvalue weighted by atomic mass is 32.1. The van der Waals surface area contributed by atoms with E-state index in [0.29, 0.717) is 4.99 Å². The number of nitrogens with two attached hydrogens (primary N) is 1. The third-order valence-electron chi connectivity index (χ3n) is 3.48. The maximum Gasteiger partial charge on any atom is 0.115 e. The second-order valence-electron chi connectivity index (χ2n) is 4.95. The first kappa shape index (κ1) is 15.5. The van der Waals surface area contributed by atoms with Crippen LogP contribution in [-0.2, 0) is 6.54 Å². The van der Waals surface area contributed by atoms with Gasteiger partial charge in [0.15, 0.2) is 0 Å². The van der Waals surface area contributed by atoms with Crippen LogP contribution >= 0.6 is 12.2 Å². The lowest BCUT2D eigenvalue weighted by atomic mass is 10.0. The van der Waals surface area contributed by atoms with Crippen LogP contribution in [0.3, 0.4) is 0 Å². The van der Waals surface area contributed by atoms with E-state index < -0.39 is 0 Å². The van der Waals surface area contributed by atoms with Gasteiger partial charge in [0.05, 0.1) is 11.0 Å². The van der Waals surface area contributed by atoms with Gasteiger partial charge in [-0.2, -0.15) is 0 Å². The van der Waals surface area contributed by atoms with Crippen LogP contribution in [0.15, 0.2) is 54.6 Å². The maximum atomic E-state index is 9.43. The molecule has 0 heterocycles. The van der Waals surface area contributed by atoms with E-state index in [4.69, 9.17) is 18.0 Å². The van der Waals surface area contributed by atoms with Crippen molar-refractivity contribution in [2.45, 2.75) is 19.5 Å². The van der Waals surface area contributed by atoms with Crippen LogP contribution in [0.2, 0.25) is 0 Å². The van der Waals surface area contributed by atoms with E-state index in [1.165, 1.54) is 5.56 Å². The molecule has 3 N–H and O–H groups in total. The molecular weight excluding hydrogens is 280 g/mol. The Morgan fingerprint density at radius 2 is 1.76 bits per heavy atom. The van der Waals surface area contributed by atoms with E-state index in [2.05, 4.69) is 24.0 Å². The molecule has 0 aliphatic rings. The van der Waals surface area contributed by atoms with Gasteiger partial charge < -0.3 is 10.8 Å². The van der Waals surface area contributed by atoms with Gasteiger partial charge in [-0.3, -0.25) is 4.90 Å². The standard InChI is InChI=1S/C17H20N2OS/c1-2-19(12-13-6-4-3-5-7-13)16(17(18)21)14-8-10-15(20)11-9-14/h3-11,16,20H,2,12H2,1H3,(H2,18,21). The summed E-state index contributed by atoms with van der Waals surface area (Å²) in [4.78, 5) is 2.67. The average Bonchev–Trinajstić information content (AvgIpc) is 2.49. The second kappa shape index (κ2) is 7.20. The van der Waals surface area contributed by atoms with E-state index in [1.807, 2.05) is 30.3 Å². The number of rotatable bonds is 6. The van der Waals surface area contributed by atoms with Gasteiger partial charge in [0.1, 0.15) is 5.75 Å². The molecule has 2 aromatic carbocycles. The summed E-state index contributed by atoms with van der Waals surface area (Å²) < 4.78 is 0. The summed E-state index contributed by atoms with van der Waals surface area (Å²) >= 11 is 5.26. The molecule has 1 atom stereocenters. The van der Waals surface area contributed by atoms with Gasteiger partial charge in [-0.05, 0) is 29.8 Å². The summed E-state index contributed by atoms with van der Waals surface area (Å²) in [6.07, 6.45) is 0. The molecule has 0 aromatic heterocycles. The zero-order chi connectivity index (χ0) is 15.2. The Morgan fingerprint density at radius 3 is 2.29 bits per heavy atom. The number of phenolic OH excluding ortho intramolecular Hbond substituents is 1. The van der Waals surface area contributed by atoms with Gasteiger partial charge in [0, 0.05) is 6.54 Å². The van der Waals surface area contributed by atoms with E-state index >= 15 is 0 Å². The van der Waals surface area contributed by atoms with E-state index in [-0.39, 0.29) is 11.8 Å². The summed E-state index contributed by atoms with van der Waals surface area (Å²) in [6.45, 7) is 3.70. The van der Waals surface area contributed by atoms with Crippen LogP contribution in [0.25, 0.3) is 0 Å². The quantitative estimate of drug-likeness (QED) is 0.804. The Kier molecular flexibility index (Phi) is 5.31. The molecule has 0 spiro atoms. The lowest BCUT2D eigenvalue weighted by Gasteiger charge is -2.30. The number of phenols is 1. The molecule has 0 saturated heterocycles. The molecule has 110 valence electrons. The lowest BCUT2D eigenvalue weighted by molar-refractivity contribution is 0.248. The molecule has 0 fully saturated rings. The molecule has 0 aliphatic heterocycles. The van der Waals surface area contributed by atoms with Crippen LogP contribution in [-0.4, -0.2) is 21.5 Å². The number of likely N-dealkylation sites (N-methyl/N-ethyl adjacent to an activating group) is 1. The van der Waals surface area contributed by atoms with Crippen molar-refractivity contribution in [1.82, 2.24) is 4.90 Å². The molecule has 3 nitrogen and oxygen atoms in total. The Labute approximate surface area is 131 Å². The normalized spacial score (nSPS) is 12.3. The molecule has 0 aliphatic carbocycles.